The van der Waals surface area contributed by atoms with Gasteiger partial charge in [0.05, 0.1) is 0 Å². The van der Waals surface area contributed by atoms with Crippen LogP contribution >= 0.6 is 0 Å². The van der Waals surface area contributed by atoms with E-state index < -0.39 is 0 Å². The molecule has 2 nitrogen and oxygen atoms in total. The van der Waals surface area contributed by atoms with Crippen LogP contribution in [0.25, 0.3) is 55.6 Å². The quantitative estimate of drug-likeness (QED) is 0.148. The van der Waals surface area contributed by atoms with Crippen LogP contribution in [0.2, 0.25) is 0 Å². The van der Waals surface area contributed by atoms with Crippen molar-refractivity contribution in [2.45, 2.75) is 0 Å². The Hall–Kier alpha value is -8.14. The van der Waals surface area contributed by atoms with Crippen molar-refractivity contribution in [1.29, 1.82) is 0 Å². The van der Waals surface area contributed by atoms with Gasteiger partial charge in [-0.1, -0.05) is 200 Å². The zero-order valence-electron chi connectivity index (χ0n) is 34.6. The summed E-state index contributed by atoms with van der Waals surface area (Å²) in [5.74, 6) is 0. The molecule has 2 heterocycles. The summed E-state index contributed by atoms with van der Waals surface area (Å²) in [6, 6.07) is 91.1. The molecule has 0 saturated carbocycles. The molecule has 0 radical (unpaired) electrons. The van der Waals surface area contributed by atoms with Gasteiger partial charge in [0, 0.05) is 34.1 Å². The molecule has 12 rings (SSSR count). The van der Waals surface area contributed by atoms with Crippen LogP contribution in [0.5, 0.6) is 0 Å². The van der Waals surface area contributed by atoms with Crippen molar-refractivity contribution in [3.63, 3.8) is 0 Å². The standard InChI is InChI=1S/C60H41BN2/c1-7-21-42(22-8-1)47-37-58-60-59(38-47)63(49-35-36-50(43-23-9-2-10-24-43)51(39-49)44-25-11-3-12-26-44)56-34-20-19-33-54(56)61(60)55-40-52(45-27-13-4-14-28-45)53(46-29-15-5-16-30-46)41-57(55)62(58)48-31-17-6-18-32-48/h1-41H. The summed E-state index contributed by atoms with van der Waals surface area (Å²) in [6.45, 7) is -0.0355. The first-order valence-corrected chi connectivity index (χ1v) is 21.8. The fourth-order valence-corrected chi connectivity index (χ4v) is 10.0. The average molecular weight is 801 g/mol. The lowest BCUT2D eigenvalue weighted by molar-refractivity contribution is 1.25. The SMILES string of the molecule is c1ccc(-c2cc3c4c(c2)N(c2ccccc2)c2cc(-c5ccccc5)c(-c5ccccc5)cc2B4c2ccccc2N3c2ccc(-c3ccccc3)c(-c3ccccc3)c2)cc1. The van der Waals surface area contributed by atoms with Crippen molar-refractivity contribution in [2.24, 2.45) is 0 Å². The number of hydrogen-bond acceptors (Lipinski definition) is 2. The molecule has 3 heteroatoms. The van der Waals surface area contributed by atoms with Gasteiger partial charge in [0.15, 0.2) is 0 Å². The summed E-state index contributed by atoms with van der Waals surface area (Å²) in [7, 11) is 0. The van der Waals surface area contributed by atoms with Crippen LogP contribution in [0.4, 0.5) is 34.1 Å². The number of para-hydroxylation sites is 2. The Morgan fingerprint density at radius 2 is 0.667 bits per heavy atom. The normalized spacial score (nSPS) is 12.3. The molecule has 0 fully saturated rings. The second-order valence-electron chi connectivity index (χ2n) is 16.4. The highest BCUT2D eigenvalue weighted by Crippen LogP contribution is 2.49. The average Bonchev–Trinajstić information content (AvgIpc) is 3.37. The van der Waals surface area contributed by atoms with Crippen molar-refractivity contribution in [2.75, 3.05) is 9.80 Å². The first-order chi connectivity index (χ1) is 31.3. The summed E-state index contributed by atoms with van der Waals surface area (Å²) in [4.78, 5) is 5.06. The fourth-order valence-electron chi connectivity index (χ4n) is 10.0. The van der Waals surface area contributed by atoms with Crippen LogP contribution in [-0.2, 0) is 0 Å². The maximum absolute atomic E-state index is 2.53. The van der Waals surface area contributed by atoms with Crippen LogP contribution in [-0.4, -0.2) is 6.71 Å². The molecule has 0 unspecified atom stereocenters. The van der Waals surface area contributed by atoms with E-state index in [-0.39, 0.29) is 6.71 Å². The molecule has 0 aliphatic carbocycles. The Labute approximate surface area is 369 Å². The first kappa shape index (κ1) is 36.7. The molecular formula is C60H41BN2. The van der Waals surface area contributed by atoms with Crippen molar-refractivity contribution in [3.05, 3.63) is 249 Å². The number of benzene rings is 10. The largest absolute Gasteiger partial charge is 0.311 e. The van der Waals surface area contributed by atoms with Crippen LogP contribution < -0.4 is 26.2 Å². The highest BCUT2D eigenvalue weighted by atomic mass is 15.2. The molecule has 294 valence electrons. The molecule has 10 aromatic carbocycles. The highest BCUT2D eigenvalue weighted by molar-refractivity contribution is 7.00. The molecule has 0 spiro atoms. The van der Waals surface area contributed by atoms with Gasteiger partial charge in [-0.2, -0.15) is 0 Å². The molecule has 63 heavy (non-hydrogen) atoms. The van der Waals surface area contributed by atoms with E-state index in [1.807, 2.05) is 0 Å². The summed E-state index contributed by atoms with van der Waals surface area (Å²) in [5, 5.41) is 0. The van der Waals surface area contributed by atoms with E-state index in [4.69, 9.17) is 0 Å². The zero-order valence-corrected chi connectivity index (χ0v) is 34.6. The van der Waals surface area contributed by atoms with Crippen molar-refractivity contribution in [1.82, 2.24) is 0 Å². The van der Waals surface area contributed by atoms with Gasteiger partial charge in [0.25, 0.3) is 6.71 Å². The molecule has 0 saturated heterocycles. The molecule has 0 bridgehead atoms. The van der Waals surface area contributed by atoms with Crippen LogP contribution in [0.15, 0.2) is 249 Å². The third-order valence-electron chi connectivity index (χ3n) is 12.8. The molecule has 2 aliphatic rings. The van der Waals surface area contributed by atoms with Gasteiger partial charge in [-0.05, 0) is 121 Å². The number of hydrogen-bond donors (Lipinski definition) is 0. The van der Waals surface area contributed by atoms with E-state index in [1.165, 1.54) is 94.8 Å². The van der Waals surface area contributed by atoms with Gasteiger partial charge in [-0.25, -0.2) is 0 Å². The Kier molecular flexibility index (Phi) is 8.97. The van der Waals surface area contributed by atoms with Gasteiger partial charge in [-0.15, -0.1) is 0 Å². The van der Waals surface area contributed by atoms with Gasteiger partial charge < -0.3 is 9.80 Å². The van der Waals surface area contributed by atoms with E-state index in [0.29, 0.717) is 0 Å². The van der Waals surface area contributed by atoms with E-state index in [2.05, 4.69) is 259 Å². The fraction of sp³-hybridized carbons (Fsp3) is 0. The molecule has 0 N–H and O–H groups in total. The molecule has 0 atom stereocenters. The lowest BCUT2D eigenvalue weighted by Gasteiger charge is -2.45. The first-order valence-electron chi connectivity index (χ1n) is 21.8. The Bertz CT molecular complexity index is 3260. The van der Waals surface area contributed by atoms with Gasteiger partial charge in [0.1, 0.15) is 0 Å². The van der Waals surface area contributed by atoms with Gasteiger partial charge >= 0.3 is 0 Å². The zero-order chi connectivity index (χ0) is 41.7. The number of nitrogens with zero attached hydrogens (tertiary/aromatic N) is 2. The van der Waals surface area contributed by atoms with Crippen molar-refractivity contribution < 1.29 is 0 Å². The lowest BCUT2D eigenvalue weighted by Crippen LogP contribution is -2.61. The molecular weight excluding hydrogens is 759 g/mol. The molecule has 2 aliphatic heterocycles. The lowest BCUT2D eigenvalue weighted by atomic mass is 9.33. The number of rotatable bonds is 7. The maximum Gasteiger partial charge on any atom is 0.252 e. The third kappa shape index (κ3) is 6.28. The molecule has 0 amide bonds. The van der Waals surface area contributed by atoms with Crippen LogP contribution in [0, 0.1) is 0 Å². The Morgan fingerprint density at radius 1 is 0.238 bits per heavy atom. The predicted molar refractivity (Wildman–Crippen MR) is 268 cm³/mol. The Balaban J connectivity index is 1.18. The smallest absolute Gasteiger partial charge is 0.252 e. The van der Waals surface area contributed by atoms with Gasteiger partial charge in [0.2, 0.25) is 0 Å². The number of fused-ring (bicyclic) bond motifs is 4. The monoisotopic (exact) mass is 800 g/mol. The molecule has 0 aromatic heterocycles. The minimum atomic E-state index is -0.0355. The summed E-state index contributed by atoms with van der Waals surface area (Å²) < 4.78 is 0. The van der Waals surface area contributed by atoms with Crippen molar-refractivity contribution >= 4 is 57.2 Å². The highest BCUT2D eigenvalue weighted by Gasteiger charge is 2.44. The van der Waals surface area contributed by atoms with E-state index in [1.54, 1.807) is 0 Å². The predicted octanol–water partition coefficient (Wildman–Crippen LogP) is 14.1. The van der Waals surface area contributed by atoms with E-state index in [9.17, 15) is 0 Å². The molecule has 10 aromatic rings. The summed E-state index contributed by atoms with van der Waals surface area (Å²) in [6.07, 6.45) is 0. The van der Waals surface area contributed by atoms with E-state index in [0.717, 1.165) is 11.4 Å². The van der Waals surface area contributed by atoms with Crippen molar-refractivity contribution in [3.8, 4) is 55.6 Å². The van der Waals surface area contributed by atoms with Gasteiger partial charge in [-0.3, -0.25) is 0 Å². The van der Waals surface area contributed by atoms with Crippen LogP contribution in [0.3, 0.4) is 0 Å². The Morgan fingerprint density at radius 3 is 1.22 bits per heavy atom. The van der Waals surface area contributed by atoms with E-state index >= 15 is 0 Å². The minimum absolute atomic E-state index is 0.0355. The second-order valence-corrected chi connectivity index (χ2v) is 16.4. The summed E-state index contributed by atoms with van der Waals surface area (Å²) >= 11 is 0. The number of anilines is 6. The maximum atomic E-state index is 2.53. The second kappa shape index (κ2) is 15.4. The summed E-state index contributed by atoms with van der Waals surface area (Å²) in [5.41, 5.74) is 22.8. The minimum Gasteiger partial charge on any atom is -0.311 e. The topological polar surface area (TPSA) is 6.48 Å². The third-order valence-corrected chi connectivity index (χ3v) is 12.8. The van der Waals surface area contributed by atoms with Crippen LogP contribution in [0.1, 0.15) is 0 Å².